The van der Waals surface area contributed by atoms with Gasteiger partial charge in [0.1, 0.15) is 23.7 Å². The van der Waals surface area contributed by atoms with Crippen LogP contribution in [0.1, 0.15) is 101 Å². The second-order valence-corrected chi connectivity index (χ2v) is 13.8. The molecule has 2 aliphatic rings. The summed E-state index contributed by atoms with van der Waals surface area (Å²) in [6, 6.07) is 9.29. The van der Waals surface area contributed by atoms with E-state index in [9.17, 15) is 18.8 Å². The third-order valence-electron chi connectivity index (χ3n) is 8.75. The van der Waals surface area contributed by atoms with Gasteiger partial charge in [0.2, 0.25) is 5.91 Å². The van der Waals surface area contributed by atoms with Crippen LogP contribution in [0.15, 0.2) is 30.3 Å². The number of carbonyl (C=O) groups excluding carboxylic acids is 3. The molecule has 1 saturated heterocycles. The maximum atomic E-state index is 14.7. The molecule has 2 fully saturated rings. The highest BCUT2D eigenvalue weighted by Crippen LogP contribution is 2.32. The Morgan fingerprint density at radius 3 is 2.20 bits per heavy atom. The van der Waals surface area contributed by atoms with Crippen molar-refractivity contribution in [2.24, 2.45) is 11.8 Å². The van der Waals surface area contributed by atoms with Gasteiger partial charge in [0.15, 0.2) is 11.5 Å². The lowest BCUT2D eigenvalue weighted by atomic mass is 9.80. The van der Waals surface area contributed by atoms with Gasteiger partial charge >= 0.3 is 6.09 Å². The number of amides is 2. The van der Waals surface area contributed by atoms with Crippen LogP contribution in [0.2, 0.25) is 0 Å². The van der Waals surface area contributed by atoms with Crippen LogP contribution in [0, 0.1) is 25.7 Å². The molecule has 0 radical (unpaired) electrons. The molecule has 0 aromatic heterocycles. The van der Waals surface area contributed by atoms with Gasteiger partial charge in [0, 0.05) is 23.2 Å². The minimum absolute atomic E-state index is 0.0369. The molecular weight excluding hydrogens is 587 g/mol. The summed E-state index contributed by atoms with van der Waals surface area (Å²) in [6.45, 7) is 14.7. The Morgan fingerprint density at radius 2 is 1.65 bits per heavy atom. The molecule has 0 unspecified atom stereocenters. The lowest BCUT2D eigenvalue weighted by Crippen LogP contribution is -2.64. The lowest BCUT2D eigenvalue weighted by Gasteiger charge is -2.43. The fourth-order valence-corrected chi connectivity index (χ4v) is 6.02. The van der Waals surface area contributed by atoms with E-state index in [-0.39, 0.29) is 37.3 Å². The Bertz CT molecular complexity index is 1370. The van der Waals surface area contributed by atoms with Gasteiger partial charge in [0.05, 0.1) is 20.2 Å². The molecule has 46 heavy (non-hydrogen) atoms. The summed E-state index contributed by atoms with van der Waals surface area (Å²) < 4.78 is 30.8. The SMILES string of the molecule is CCC1CCC(C(=O)Nc2ccc(C)c(OC)c2)CC1.CCc1c(C)cc(OCC2(F)CN(C(=O)OC(C)(C)C)C2)cc1C(C)=O. The number of likely N-dealkylation sites (tertiary alicyclic amines) is 1. The van der Waals surface area contributed by atoms with E-state index in [1.54, 1.807) is 33.9 Å². The molecule has 2 aromatic rings. The van der Waals surface area contributed by atoms with E-state index in [2.05, 4.69) is 12.2 Å². The third-order valence-corrected chi connectivity index (χ3v) is 8.75. The topological polar surface area (TPSA) is 94.2 Å². The van der Waals surface area contributed by atoms with Gasteiger partial charge < -0.3 is 24.4 Å². The van der Waals surface area contributed by atoms with Crippen molar-refractivity contribution in [3.8, 4) is 11.5 Å². The number of rotatable bonds is 9. The van der Waals surface area contributed by atoms with E-state index >= 15 is 0 Å². The first-order chi connectivity index (χ1) is 21.6. The molecule has 0 atom stereocenters. The number of nitrogens with zero attached hydrogens (tertiary/aromatic N) is 1. The molecule has 9 heteroatoms. The molecule has 8 nitrogen and oxygen atoms in total. The number of ether oxygens (including phenoxy) is 3. The smallest absolute Gasteiger partial charge is 0.410 e. The van der Waals surface area contributed by atoms with Crippen molar-refractivity contribution in [1.29, 1.82) is 0 Å². The first kappa shape index (κ1) is 36.8. The first-order valence-corrected chi connectivity index (χ1v) is 16.5. The summed E-state index contributed by atoms with van der Waals surface area (Å²) in [6.07, 6.45) is 5.88. The van der Waals surface area contributed by atoms with Crippen molar-refractivity contribution in [1.82, 2.24) is 4.90 Å². The Kier molecular flexibility index (Phi) is 12.6. The van der Waals surface area contributed by atoms with E-state index in [4.69, 9.17) is 14.2 Å². The van der Waals surface area contributed by atoms with Gasteiger partial charge in [-0.3, -0.25) is 9.59 Å². The third kappa shape index (κ3) is 10.2. The second kappa shape index (κ2) is 15.8. The van der Waals surface area contributed by atoms with Gasteiger partial charge in [-0.2, -0.15) is 0 Å². The summed E-state index contributed by atoms with van der Waals surface area (Å²) in [4.78, 5) is 37.4. The van der Waals surface area contributed by atoms with Crippen LogP contribution in [0.3, 0.4) is 0 Å². The van der Waals surface area contributed by atoms with Gasteiger partial charge in [0.25, 0.3) is 0 Å². The predicted octanol–water partition coefficient (Wildman–Crippen LogP) is 8.26. The maximum Gasteiger partial charge on any atom is 0.410 e. The zero-order valence-corrected chi connectivity index (χ0v) is 29.2. The van der Waals surface area contributed by atoms with Crippen LogP contribution in [0.25, 0.3) is 0 Å². The van der Waals surface area contributed by atoms with E-state index in [1.165, 1.54) is 31.1 Å². The number of aryl methyl sites for hydroxylation is 2. The van der Waals surface area contributed by atoms with Crippen LogP contribution >= 0.6 is 0 Å². The standard InChI is InChI=1S/C20H28FNO4.C17H25NO2/c1-7-16-13(2)8-15(9-17(16)14(3)23)25-12-20(21)10-22(11-20)18(24)26-19(4,5)6;1-4-13-6-8-14(9-7-13)17(19)18-15-10-5-12(2)16(11-15)20-3/h8-9H,7,10-12H2,1-6H3;5,10-11,13-14H,4,6-9H2,1-3H3,(H,18,19). The van der Waals surface area contributed by atoms with Gasteiger partial charge in [-0.1, -0.05) is 26.3 Å². The van der Waals surface area contributed by atoms with Gasteiger partial charge in [-0.25, -0.2) is 9.18 Å². The Hall–Kier alpha value is -3.62. The van der Waals surface area contributed by atoms with Crippen LogP contribution in [0.4, 0.5) is 14.9 Å². The second-order valence-electron chi connectivity index (χ2n) is 13.8. The van der Waals surface area contributed by atoms with E-state index in [0.717, 1.165) is 53.3 Å². The minimum Gasteiger partial charge on any atom is -0.496 e. The number of benzene rings is 2. The monoisotopic (exact) mass is 640 g/mol. The zero-order chi connectivity index (χ0) is 34.2. The number of Topliss-reactive ketones (excluding diaryl/α,β-unsaturated/α-hetero) is 1. The lowest BCUT2D eigenvalue weighted by molar-refractivity contribution is -0.121. The van der Waals surface area contributed by atoms with Crippen molar-refractivity contribution < 1.29 is 33.0 Å². The fourth-order valence-electron chi connectivity index (χ4n) is 6.02. The predicted molar refractivity (Wildman–Crippen MR) is 180 cm³/mol. The maximum absolute atomic E-state index is 14.7. The molecule has 1 heterocycles. The summed E-state index contributed by atoms with van der Waals surface area (Å²) >= 11 is 0. The van der Waals surface area contributed by atoms with E-state index in [1.807, 2.05) is 45.0 Å². The number of nitrogens with one attached hydrogen (secondary N) is 1. The summed E-state index contributed by atoms with van der Waals surface area (Å²) in [5.41, 5.74) is 2.24. The first-order valence-electron chi connectivity index (χ1n) is 16.5. The molecule has 0 bridgehead atoms. The molecule has 1 aliphatic heterocycles. The molecule has 1 N–H and O–H groups in total. The molecule has 254 valence electrons. The van der Waals surface area contributed by atoms with Gasteiger partial charge in [-0.15, -0.1) is 0 Å². The van der Waals surface area contributed by atoms with Crippen LogP contribution in [0.5, 0.6) is 11.5 Å². The highest BCUT2D eigenvalue weighted by molar-refractivity contribution is 5.96. The number of alkyl halides is 1. The highest BCUT2D eigenvalue weighted by Gasteiger charge is 2.48. The van der Waals surface area contributed by atoms with Crippen LogP contribution < -0.4 is 14.8 Å². The summed E-state index contributed by atoms with van der Waals surface area (Å²) in [5.74, 6) is 2.40. The highest BCUT2D eigenvalue weighted by atomic mass is 19.1. The Labute approximate surface area is 274 Å². The van der Waals surface area contributed by atoms with E-state index in [0.29, 0.717) is 11.3 Å². The molecular formula is C37H53FN2O6. The summed E-state index contributed by atoms with van der Waals surface area (Å²) in [5, 5.41) is 3.03. The van der Waals surface area contributed by atoms with Crippen molar-refractivity contribution in [2.45, 2.75) is 105 Å². The van der Waals surface area contributed by atoms with Gasteiger partial charge in [-0.05, 0) is 114 Å². The van der Waals surface area contributed by atoms with Crippen molar-refractivity contribution in [3.63, 3.8) is 0 Å². The molecule has 1 saturated carbocycles. The number of ketones is 1. The normalized spacial score (nSPS) is 18.8. The van der Waals surface area contributed by atoms with Crippen LogP contribution in [-0.4, -0.2) is 60.8 Å². The van der Waals surface area contributed by atoms with E-state index < -0.39 is 17.4 Å². The number of anilines is 1. The number of hydrogen-bond donors (Lipinski definition) is 1. The van der Waals surface area contributed by atoms with Crippen LogP contribution in [-0.2, 0) is 16.0 Å². The quantitative estimate of drug-likeness (QED) is 0.278. The largest absolute Gasteiger partial charge is 0.496 e. The molecule has 0 spiro atoms. The summed E-state index contributed by atoms with van der Waals surface area (Å²) in [7, 11) is 1.65. The molecule has 1 aliphatic carbocycles. The molecule has 2 amide bonds. The molecule has 2 aromatic carbocycles. The fraction of sp³-hybridized carbons (Fsp3) is 0.595. The Morgan fingerprint density at radius 1 is 1.00 bits per heavy atom. The number of halogens is 1. The zero-order valence-electron chi connectivity index (χ0n) is 29.2. The van der Waals surface area contributed by atoms with Crippen molar-refractivity contribution in [2.75, 3.05) is 32.1 Å². The van der Waals surface area contributed by atoms with Crippen molar-refractivity contribution in [3.05, 3.63) is 52.6 Å². The average molecular weight is 641 g/mol. The number of hydrogen-bond acceptors (Lipinski definition) is 6. The Balaban J connectivity index is 0.000000259. The minimum atomic E-state index is -1.61. The van der Waals surface area contributed by atoms with Crippen molar-refractivity contribution >= 4 is 23.5 Å². The average Bonchev–Trinajstić information content (AvgIpc) is 2.98. The number of methoxy groups -OCH3 is 1. The number of carbonyl (C=O) groups is 3. The molecule has 4 rings (SSSR count).